The quantitative estimate of drug-likeness (QED) is 0.781. The highest BCUT2D eigenvalue weighted by Gasteiger charge is 2.30. The number of hydrogen-bond acceptors (Lipinski definition) is 4. The molecular weight excluding hydrogens is 318 g/mol. The SMILES string of the molecule is COC(=O)c1cn(C2CCCCC2)c(-c2ccccc2)c1C(=O)OC. The van der Waals surface area contributed by atoms with Gasteiger partial charge in [-0.15, -0.1) is 0 Å². The Morgan fingerprint density at radius 1 is 0.960 bits per heavy atom. The monoisotopic (exact) mass is 341 g/mol. The molecule has 0 N–H and O–H groups in total. The molecule has 0 bridgehead atoms. The van der Waals surface area contributed by atoms with Crippen LogP contribution in [0.5, 0.6) is 0 Å². The highest BCUT2D eigenvalue weighted by Crippen LogP contribution is 2.37. The van der Waals surface area contributed by atoms with Crippen molar-refractivity contribution in [1.29, 1.82) is 0 Å². The Labute approximate surface area is 147 Å². The Balaban J connectivity index is 2.24. The molecule has 0 atom stereocenters. The summed E-state index contributed by atoms with van der Waals surface area (Å²) in [6.45, 7) is 0. The molecule has 1 saturated carbocycles. The third kappa shape index (κ3) is 3.31. The normalized spacial score (nSPS) is 15.0. The van der Waals surface area contributed by atoms with Gasteiger partial charge in [0.15, 0.2) is 0 Å². The lowest BCUT2D eigenvalue weighted by Gasteiger charge is -2.25. The van der Waals surface area contributed by atoms with E-state index in [2.05, 4.69) is 4.57 Å². The number of benzene rings is 1. The maximum Gasteiger partial charge on any atom is 0.340 e. The summed E-state index contributed by atoms with van der Waals surface area (Å²) in [6.07, 6.45) is 7.37. The number of rotatable bonds is 4. The summed E-state index contributed by atoms with van der Waals surface area (Å²) in [6, 6.07) is 9.94. The first-order valence-electron chi connectivity index (χ1n) is 8.64. The zero-order valence-corrected chi connectivity index (χ0v) is 14.7. The van der Waals surface area contributed by atoms with Crippen LogP contribution in [0.1, 0.15) is 58.9 Å². The van der Waals surface area contributed by atoms with Gasteiger partial charge in [0.2, 0.25) is 0 Å². The molecule has 5 heteroatoms. The van der Waals surface area contributed by atoms with Crippen LogP contribution in [0.3, 0.4) is 0 Å². The first-order chi connectivity index (χ1) is 12.2. The third-order valence-electron chi connectivity index (χ3n) is 4.84. The number of methoxy groups -OCH3 is 2. The van der Waals surface area contributed by atoms with Crippen molar-refractivity contribution in [2.45, 2.75) is 38.1 Å². The number of carbonyl (C=O) groups is 2. The van der Waals surface area contributed by atoms with E-state index >= 15 is 0 Å². The van der Waals surface area contributed by atoms with Gasteiger partial charge in [0.05, 0.1) is 31.0 Å². The summed E-state index contributed by atoms with van der Waals surface area (Å²) in [7, 11) is 2.65. The van der Waals surface area contributed by atoms with E-state index in [0.717, 1.165) is 36.9 Å². The van der Waals surface area contributed by atoms with Crippen molar-refractivity contribution in [2.75, 3.05) is 14.2 Å². The van der Waals surface area contributed by atoms with Crippen LogP contribution in [0.25, 0.3) is 11.3 Å². The van der Waals surface area contributed by atoms with Crippen LogP contribution in [0.4, 0.5) is 0 Å². The molecule has 1 fully saturated rings. The van der Waals surface area contributed by atoms with Crippen molar-refractivity contribution in [1.82, 2.24) is 4.57 Å². The van der Waals surface area contributed by atoms with Crippen molar-refractivity contribution >= 4 is 11.9 Å². The van der Waals surface area contributed by atoms with Crippen LogP contribution in [0, 0.1) is 0 Å². The topological polar surface area (TPSA) is 57.5 Å². The van der Waals surface area contributed by atoms with Crippen molar-refractivity contribution in [2.24, 2.45) is 0 Å². The zero-order valence-electron chi connectivity index (χ0n) is 14.7. The maximum absolute atomic E-state index is 12.5. The second kappa shape index (κ2) is 7.55. The molecule has 3 rings (SSSR count). The van der Waals surface area contributed by atoms with Gasteiger partial charge in [-0.2, -0.15) is 0 Å². The van der Waals surface area contributed by atoms with Gasteiger partial charge in [-0.3, -0.25) is 0 Å². The fourth-order valence-corrected chi connectivity index (χ4v) is 3.63. The number of ether oxygens (including phenoxy) is 2. The second-order valence-corrected chi connectivity index (χ2v) is 6.31. The summed E-state index contributed by atoms with van der Waals surface area (Å²) >= 11 is 0. The van der Waals surface area contributed by atoms with Crippen LogP contribution >= 0.6 is 0 Å². The minimum Gasteiger partial charge on any atom is -0.465 e. The number of hydrogen-bond donors (Lipinski definition) is 0. The molecule has 1 aromatic carbocycles. The van der Waals surface area contributed by atoms with Crippen LogP contribution in [-0.2, 0) is 9.47 Å². The van der Waals surface area contributed by atoms with Crippen LogP contribution in [0.15, 0.2) is 36.5 Å². The Hall–Kier alpha value is -2.56. The van der Waals surface area contributed by atoms with Gasteiger partial charge in [-0.05, 0) is 18.4 Å². The molecule has 1 aliphatic carbocycles. The smallest absolute Gasteiger partial charge is 0.340 e. The van der Waals surface area contributed by atoms with Gasteiger partial charge in [0, 0.05) is 12.2 Å². The molecule has 25 heavy (non-hydrogen) atoms. The number of nitrogens with zero attached hydrogens (tertiary/aromatic N) is 1. The van der Waals surface area contributed by atoms with E-state index in [-0.39, 0.29) is 17.2 Å². The van der Waals surface area contributed by atoms with Gasteiger partial charge < -0.3 is 14.0 Å². The highest BCUT2D eigenvalue weighted by atomic mass is 16.5. The predicted octanol–water partition coefficient (Wildman–Crippen LogP) is 4.23. The molecule has 0 saturated heterocycles. The molecular formula is C20H23NO4. The molecule has 1 heterocycles. The molecule has 5 nitrogen and oxygen atoms in total. The fourth-order valence-electron chi connectivity index (χ4n) is 3.63. The highest BCUT2D eigenvalue weighted by molar-refractivity contribution is 6.07. The van der Waals surface area contributed by atoms with E-state index in [1.807, 2.05) is 30.3 Å². The van der Waals surface area contributed by atoms with E-state index in [4.69, 9.17) is 9.47 Å². The number of esters is 2. The molecule has 0 unspecified atom stereocenters. The third-order valence-corrected chi connectivity index (χ3v) is 4.84. The Morgan fingerprint density at radius 3 is 2.20 bits per heavy atom. The van der Waals surface area contributed by atoms with Gasteiger partial charge in [-0.1, -0.05) is 49.6 Å². The summed E-state index contributed by atoms with van der Waals surface area (Å²) < 4.78 is 12.0. The van der Waals surface area contributed by atoms with E-state index < -0.39 is 11.9 Å². The first-order valence-corrected chi connectivity index (χ1v) is 8.64. The molecule has 0 spiro atoms. The van der Waals surface area contributed by atoms with Crippen molar-refractivity contribution in [3.8, 4) is 11.3 Å². The lowest BCUT2D eigenvalue weighted by molar-refractivity contribution is 0.0557. The molecule has 0 radical (unpaired) electrons. The molecule has 0 aliphatic heterocycles. The van der Waals surface area contributed by atoms with E-state index in [1.165, 1.54) is 20.6 Å². The van der Waals surface area contributed by atoms with Gasteiger partial charge >= 0.3 is 11.9 Å². The molecule has 1 aliphatic rings. The summed E-state index contributed by atoms with van der Waals surface area (Å²) in [4.78, 5) is 24.8. The van der Waals surface area contributed by atoms with Crippen LogP contribution < -0.4 is 0 Å². The Bertz CT molecular complexity index is 758. The zero-order chi connectivity index (χ0) is 17.8. The molecule has 2 aromatic rings. The lowest BCUT2D eigenvalue weighted by atomic mass is 9.94. The summed E-state index contributed by atoms with van der Waals surface area (Å²) in [5.74, 6) is -1.04. The average Bonchev–Trinajstić information content (AvgIpc) is 3.08. The lowest BCUT2D eigenvalue weighted by Crippen LogP contribution is -2.14. The van der Waals surface area contributed by atoms with E-state index in [9.17, 15) is 9.59 Å². The van der Waals surface area contributed by atoms with Crippen molar-refractivity contribution in [3.05, 3.63) is 47.7 Å². The standard InChI is InChI=1S/C20H23NO4/c1-24-19(22)16-13-21(15-11-7-4-8-12-15)18(17(16)20(23)25-2)14-9-5-3-6-10-14/h3,5-6,9-10,13,15H,4,7-8,11-12H2,1-2H3. The number of carbonyl (C=O) groups excluding carboxylic acids is 2. The Kier molecular flexibility index (Phi) is 5.22. The maximum atomic E-state index is 12.5. The van der Waals surface area contributed by atoms with Crippen molar-refractivity contribution < 1.29 is 19.1 Å². The van der Waals surface area contributed by atoms with Crippen LogP contribution in [-0.4, -0.2) is 30.7 Å². The second-order valence-electron chi connectivity index (χ2n) is 6.31. The van der Waals surface area contributed by atoms with Crippen LogP contribution in [0.2, 0.25) is 0 Å². The summed E-state index contributed by atoms with van der Waals surface area (Å²) in [5, 5.41) is 0. The minimum absolute atomic E-state index is 0.263. The molecule has 132 valence electrons. The van der Waals surface area contributed by atoms with Gasteiger partial charge in [0.25, 0.3) is 0 Å². The first kappa shape index (κ1) is 17.3. The molecule has 0 amide bonds. The predicted molar refractivity (Wildman–Crippen MR) is 94.7 cm³/mol. The fraction of sp³-hybridized carbons (Fsp3) is 0.400. The van der Waals surface area contributed by atoms with E-state index in [1.54, 1.807) is 6.20 Å². The minimum atomic E-state index is -0.521. The van der Waals surface area contributed by atoms with Gasteiger partial charge in [0.1, 0.15) is 0 Å². The Morgan fingerprint density at radius 2 is 1.60 bits per heavy atom. The molecule has 1 aromatic heterocycles. The summed E-state index contributed by atoms with van der Waals surface area (Å²) in [5.41, 5.74) is 2.17. The van der Waals surface area contributed by atoms with Crippen molar-refractivity contribution in [3.63, 3.8) is 0 Å². The van der Waals surface area contributed by atoms with Gasteiger partial charge in [-0.25, -0.2) is 9.59 Å². The average molecular weight is 341 g/mol. The number of aromatic nitrogens is 1. The largest absolute Gasteiger partial charge is 0.465 e. The van der Waals surface area contributed by atoms with E-state index in [0.29, 0.717) is 0 Å².